The lowest BCUT2D eigenvalue weighted by Crippen LogP contribution is -2.62. The number of aliphatic hydroxyl groups excluding tert-OH is 1. The summed E-state index contributed by atoms with van der Waals surface area (Å²) >= 11 is 0. The van der Waals surface area contributed by atoms with Crippen molar-refractivity contribution in [3.05, 3.63) is 54.2 Å². The number of pyridine rings is 1. The Morgan fingerprint density at radius 3 is 2.66 bits per heavy atom. The first-order valence-electron chi connectivity index (χ1n) is 13.3. The van der Waals surface area contributed by atoms with Crippen LogP contribution in [0.5, 0.6) is 0 Å². The van der Waals surface area contributed by atoms with E-state index in [1.165, 1.54) is 0 Å². The summed E-state index contributed by atoms with van der Waals surface area (Å²) in [5.41, 5.74) is 0.964. The molecular weight excluding hydrogens is 436 g/mol. The Bertz CT molecular complexity index is 1280. The molecule has 7 rings (SSSR count). The summed E-state index contributed by atoms with van der Waals surface area (Å²) in [7, 11) is 3.85. The monoisotopic (exact) mass is 472 g/mol. The van der Waals surface area contributed by atoms with Crippen molar-refractivity contribution in [1.82, 2.24) is 9.88 Å². The van der Waals surface area contributed by atoms with Crippen LogP contribution in [0, 0.1) is 34.0 Å². The maximum absolute atomic E-state index is 12.9. The highest BCUT2D eigenvalue weighted by atomic mass is 16.5. The molecule has 9 atom stereocenters. The number of aliphatic hydroxyl groups is 1. The van der Waals surface area contributed by atoms with Gasteiger partial charge < -0.3 is 14.7 Å². The van der Waals surface area contributed by atoms with Gasteiger partial charge in [0.05, 0.1) is 17.3 Å². The maximum Gasteiger partial charge on any atom is 0.246 e. The molecule has 184 valence electrons. The lowest BCUT2D eigenvalue weighted by atomic mass is 9.43. The highest BCUT2D eigenvalue weighted by Gasteiger charge is 2.85. The molecule has 3 unspecified atom stereocenters. The SMILES string of the molecule is COC1(c2ccc3ccccc3n2)C2C[C@H]3[C@@H]4CC[C@H](O)[C@@]4(C)CCC31[C@@]1(C)C=CC(=O)N(C)[C@H]21. The summed E-state index contributed by atoms with van der Waals surface area (Å²) in [5, 5.41) is 12.2. The average molecular weight is 473 g/mol. The van der Waals surface area contributed by atoms with E-state index in [1.807, 2.05) is 25.1 Å². The number of hydrogen-bond acceptors (Lipinski definition) is 4. The Morgan fingerprint density at radius 1 is 1.06 bits per heavy atom. The molecule has 2 bridgehead atoms. The number of fused-ring (bicyclic) bond motifs is 6. The van der Waals surface area contributed by atoms with Crippen molar-refractivity contribution in [2.24, 2.45) is 34.0 Å². The predicted molar refractivity (Wildman–Crippen MR) is 134 cm³/mol. The Balaban J connectivity index is 1.51. The summed E-state index contributed by atoms with van der Waals surface area (Å²) in [5.74, 6) is 1.11. The van der Waals surface area contributed by atoms with Crippen LogP contribution in [0.4, 0.5) is 0 Å². The minimum absolute atomic E-state index is 0.0390. The first-order valence-corrected chi connectivity index (χ1v) is 13.3. The number of para-hydroxylation sites is 1. The smallest absolute Gasteiger partial charge is 0.246 e. The molecule has 0 saturated heterocycles. The first-order chi connectivity index (χ1) is 16.7. The summed E-state index contributed by atoms with van der Waals surface area (Å²) in [6.07, 6.45) is 8.73. The predicted octanol–water partition coefficient (Wildman–Crippen LogP) is 4.69. The van der Waals surface area contributed by atoms with Gasteiger partial charge in [-0.25, -0.2) is 4.98 Å². The number of carbonyl (C=O) groups is 1. The number of aromatic nitrogens is 1. The highest BCUT2D eigenvalue weighted by Crippen LogP contribution is 2.83. The number of amides is 1. The van der Waals surface area contributed by atoms with Crippen molar-refractivity contribution in [3.63, 3.8) is 0 Å². The number of likely N-dealkylation sites (N-methyl/N-ethyl adjacent to an activating group) is 1. The van der Waals surface area contributed by atoms with E-state index in [0.717, 1.165) is 48.7 Å². The van der Waals surface area contributed by atoms with Crippen LogP contribution in [-0.4, -0.2) is 47.2 Å². The van der Waals surface area contributed by atoms with Crippen LogP contribution in [-0.2, 0) is 15.1 Å². The third kappa shape index (κ3) is 2.21. The van der Waals surface area contributed by atoms with E-state index >= 15 is 0 Å². The van der Waals surface area contributed by atoms with Crippen molar-refractivity contribution in [2.45, 2.75) is 63.7 Å². The molecule has 4 aliphatic carbocycles. The van der Waals surface area contributed by atoms with Gasteiger partial charge in [0.15, 0.2) is 0 Å². The fourth-order valence-corrected chi connectivity index (χ4v) is 10.5. The molecule has 35 heavy (non-hydrogen) atoms. The number of nitrogens with zero attached hydrogens (tertiary/aromatic N) is 2. The van der Waals surface area contributed by atoms with E-state index in [2.05, 4.69) is 50.3 Å². The first kappa shape index (κ1) is 22.0. The van der Waals surface area contributed by atoms with E-state index in [0.29, 0.717) is 11.8 Å². The topological polar surface area (TPSA) is 62.7 Å². The average Bonchev–Trinajstić information content (AvgIpc) is 3.40. The number of methoxy groups -OCH3 is 1. The normalized spacial score (nSPS) is 47.7. The molecule has 1 N–H and O–H groups in total. The van der Waals surface area contributed by atoms with Gasteiger partial charge in [0.1, 0.15) is 5.60 Å². The van der Waals surface area contributed by atoms with Crippen LogP contribution in [0.25, 0.3) is 10.9 Å². The number of ether oxygens (including phenoxy) is 1. The molecule has 1 amide bonds. The third-order valence-electron chi connectivity index (χ3n) is 11.8. The summed E-state index contributed by atoms with van der Waals surface area (Å²) in [6, 6.07) is 12.7. The van der Waals surface area contributed by atoms with E-state index in [4.69, 9.17) is 9.72 Å². The fraction of sp³-hybridized carbons (Fsp3) is 0.600. The molecule has 2 heterocycles. The van der Waals surface area contributed by atoms with Gasteiger partial charge in [-0.1, -0.05) is 44.2 Å². The van der Waals surface area contributed by atoms with Crippen LogP contribution < -0.4 is 0 Å². The maximum atomic E-state index is 12.9. The molecule has 5 aliphatic rings. The Labute approximate surface area is 207 Å². The Morgan fingerprint density at radius 2 is 1.86 bits per heavy atom. The molecule has 0 radical (unpaired) electrons. The summed E-state index contributed by atoms with van der Waals surface area (Å²) in [6.45, 7) is 4.70. The van der Waals surface area contributed by atoms with Crippen LogP contribution in [0.15, 0.2) is 48.6 Å². The van der Waals surface area contributed by atoms with E-state index in [-0.39, 0.29) is 40.2 Å². The zero-order chi connectivity index (χ0) is 24.4. The van der Waals surface area contributed by atoms with Gasteiger partial charge in [-0.05, 0) is 67.6 Å². The van der Waals surface area contributed by atoms with Gasteiger partial charge >= 0.3 is 0 Å². The molecule has 2 aromatic rings. The molecule has 1 aromatic carbocycles. The zero-order valence-electron chi connectivity index (χ0n) is 21.2. The van der Waals surface area contributed by atoms with Gasteiger partial charge in [0.25, 0.3) is 0 Å². The van der Waals surface area contributed by atoms with E-state index in [9.17, 15) is 9.90 Å². The standard InChI is InChI=1S/C30H36N2O3/c1-27-15-16-29-20(19(27)10-12-24(27)33)17-21(26-28(29,2)14-13-25(34)32(26)3)30(29,35-4)23-11-9-18-7-5-6-8-22(18)31-23/h5-9,11,13-14,19-21,24,26,33H,10,12,15-17H2,1-4H3/t19-,20-,21?,24-,26+,27-,28-,29?,30?/m0/s1. The van der Waals surface area contributed by atoms with Gasteiger partial charge in [-0.3, -0.25) is 4.79 Å². The number of rotatable bonds is 2. The molecular formula is C30H36N2O3. The van der Waals surface area contributed by atoms with Gasteiger partial charge in [0, 0.05) is 42.3 Å². The second-order valence-electron chi connectivity index (χ2n) is 12.5. The highest BCUT2D eigenvalue weighted by molar-refractivity contribution is 5.89. The van der Waals surface area contributed by atoms with Crippen molar-refractivity contribution in [3.8, 4) is 0 Å². The molecule has 1 aliphatic heterocycles. The van der Waals surface area contributed by atoms with Crippen molar-refractivity contribution in [1.29, 1.82) is 0 Å². The minimum Gasteiger partial charge on any atom is -0.393 e. The van der Waals surface area contributed by atoms with Gasteiger partial charge in [-0.2, -0.15) is 0 Å². The summed E-state index contributed by atoms with van der Waals surface area (Å²) in [4.78, 5) is 20.2. The van der Waals surface area contributed by atoms with Crippen molar-refractivity contribution < 1.29 is 14.6 Å². The molecule has 1 spiro atoms. The fourth-order valence-electron chi connectivity index (χ4n) is 10.5. The molecule has 5 nitrogen and oxygen atoms in total. The molecule has 4 fully saturated rings. The van der Waals surface area contributed by atoms with Crippen molar-refractivity contribution >= 4 is 16.8 Å². The van der Waals surface area contributed by atoms with Crippen molar-refractivity contribution in [2.75, 3.05) is 14.2 Å². The largest absolute Gasteiger partial charge is 0.393 e. The van der Waals surface area contributed by atoms with E-state index in [1.54, 1.807) is 6.08 Å². The Hall–Kier alpha value is -2.24. The number of hydrogen-bond donors (Lipinski definition) is 1. The van der Waals surface area contributed by atoms with E-state index < -0.39 is 5.60 Å². The minimum atomic E-state index is -0.584. The second kappa shape index (κ2) is 6.74. The molecule has 5 heteroatoms. The number of carbonyl (C=O) groups excluding carboxylic acids is 1. The lowest BCUT2D eigenvalue weighted by Gasteiger charge is -2.62. The Kier molecular flexibility index (Phi) is 4.24. The molecule has 4 saturated carbocycles. The summed E-state index contributed by atoms with van der Waals surface area (Å²) < 4.78 is 6.83. The molecule has 1 aromatic heterocycles. The van der Waals surface area contributed by atoms with Crippen LogP contribution in [0.3, 0.4) is 0 Å². The van der Waals surface area contributed by atoms with Crippen LogP contribution in [0.1, 0.15) is 51.6 Å². The van der Waals surface area contributed by atoms with Crippen LogP contribution in [0.2, 0.25) is 0 Å². The quantitative estimate of drug-likeness (QED) is 0.689. The second-order valence-corrected chi connectivity index (χ2v) is 12.5. The van der Waals surface area contributed by atoms with Gasteiger partial charge in [0.2, 0.25) is 5.91 Å². The third-order valence-corrected chi connectivity index (χ3v) is 11.8. The zero-order valence-corrected chi connectivity index (χ0v) is 21.2. The van der Waals surface area contributed by atoms with Gasteiger partial charge in [-0.15, -0.1) is 0 Å². The lowest BCUT2D eigenvalue weighted by molar-refractivity contribution is -0.190. The number of benzene rings is 1. The van der Waals surface area contributed by atoms with Crippen LogP contribution >= 0.6 is 0 Å².